The van der Waals surface area contributed by atoms with E-state index in [-0.39, 0.29) is 17.3 Å². The minimum absolute atomic E-state index is 0.182. The van der Waals surface area contributed by atoms with Crippen LogP contribution >= 0.6 is 0 Å². The van der Waals surface area contributed by atoms with Gasteiger partial charge in [-0.3, -0.25) is 4.79 Å². The standard InChI is InChI=1S/C23H28O2/c1-22(2)13-14-23(3,4)20-15-18(10-11-19(20)22)17-8-5-16(6-9-17)7-12-21(24)25/h5-6,8-11,15H,7,12-14H2,1-4H3,(H,24,25). The van der Waals surface area contributed by atoms with Crippen LogP contribution in [0.1, 0.15) is 63.6 Å². The number of aryl methyl sites for hydroxylation is 1. The summed E-state index contributed by atoms with van der Waals surface area (Å²) in [7, 11) is 0. The average Bonchev–Trinajstić information content (AvgIpc) is 2.57. The van der Waals surface area contributed by atoms with Crippen molar-refractivity contribution in [3.63, 3.8) is 0 Å². The first-order valence-corrected chi connectivity index (χ1v) is 9.15. The van der Waals surface area contributed by atoms with Crippen molar-refractivity contribution in [2.45, 2.75) is 64.2 Å². The Bertz CT molecular complexity index is 782. The molecule has 2 aromatic carbocycles. The summed E-state index contributed by atoms with van der Waals surface area (Å²) in [5.41, 5.74) is 6.91. The Balaban J connectivity index is 1.93. The molecule has 0 saturated carbocycles. The van der Waals surface area contributed by atoms with Gasteiger partial charge < -0.3 is 5.11 Å². The molecule has 2 aromatic rings. The average molecular weight is 336 g/mol. The molecule has 1 N–H and O–H groups in total. The molecule has 0 aromatic heterocycles. The second kappa shape index (κ2) is 6.33. The lowest BCUT2D eigenvalue weighted by molar-refractivity contribution is -0.136. The minimum Gasteiger partial charge on any atom is -0.481 e. The van der Waals surface area contributed by atoms with Gasteiger partial charge in [-0.1, -0.05) is 70.2 Å². The van der Waals surface area contributed by atoms with E-state index in [2.05, 4.69) is 58.0 Å². The van der Waals surface area contributed by atoms with Crippen molar-refractivity contribution in [2.75, 3.05) is 0 Å². The summed E-state index contributed by atoms with van der Waals surface area (Å²) < 4.78 is 0. The summed E-state index contributed by atoms with van der Waals surface area (Å²) in [4.78, 5) is 10.7. The van der Waals surface area contributed by atoms with Crippen LogP contribution in [0.3, 0.4) is 0 Å². The predicted octanol–water partition coefficient (Wildman–Crippen LogP) is 5.72. The fourth-order valence-electron chi connectivity index (χ4n) is 3.88. The third kappa shape index (κ3) is 3.63. The van der Waals surface area contributed by atoms with Gasteiger partial charge in [0.05, 0.1) is 0 Å². The molecule has 1 aliphatic carbocycles. The quantitative estimate of drug-likeness (QED) is 0.775. The largest absolute Gasteiger partial charge is 0.481 e. The second-order valence-electron chi connectivity index (χ2n) is 8.62. The van der Waals surface area contributed by atoms with Crippen molar-refractivity contribution < 1.29 is 9.90 Å². The summed E-state index contributed by atoms with van der Waals surface area (Å²) in [6, 6.07) is 15.2. The zero-order chi connectivity index (χ0) is 18.2. The molecule has 0 aliphatic heterocycles. The van der Waals surface area contributed by atoms with Crippen LogP contribution in [-0.2, 0) is 22.0 Å². The number of rotatable bonds is 4. The molecule has 0 fully saturated rings. The van der Waals surface area contributed by atoms with Crippen LogP contribution in [0.4, 0.5) is 0 Å². The maximum absolute atomic E-state index is 10.7. The van der Waals surface area contributed by atoms with Gasteiger partial charge in [-0.15, -0.1) is 0 Å². The van der Waals surface area contributed by atoms with Crippen molar-refractivity contribution in [2.24, 2.45) is 0 Å². The molecule has 0 bridgehead atoms. The molecule has 3 rings (SSSR count). The Labute approximate surface area is 150 Å². The van der Waals surface area contributed by atoms with E-state index in [9.17, 15) is 4.79 Å². The normalized spacial score (nSPS) is 17.8. The number of hydrogen-bond donors (Lipinski definition) is 1. The number of fused-ring (bicyclic) bond motifs is 1. The molecule has 0 saturated heterocycles. The van der Waals surface area contributed by atoms with E-state index in [4.69, 9.17) is 5.11 Å². The third-order valence-electron chi connectivity index (χ3n) is 5.77. The Morgan fingerprint density at radius 2 is 1.44 bits per heavy atom. The molecular formula is C23H28O2. The first kappa shape index (κ1) is 17.7. The van der Waals surface area contributed by atoms with E-state index in [1.165, 1.54) is 35.1 Å². The molecule has 2 heteroatoms. The highest BCUT2D eigenvalue weighted by atomic mass is 16.4. The van der Waals surface area contributed by atoms with Gasteiger partial charge >= 0.3 is 5.97 Å². The van der Waals surface area contributed by atoms with Gasteiger partial charge in [0, 0.05) is 6.42 Å². The summed E-state index contributed by atoms with van der Waals surface area (Å²) in [5.74, 6) is -0.747. The summed E-state index contributed by atoms with van der Waals surface area (Å²) >= 11 is 0. The molecule has 0 radical (unpaired) electrons. The van der Waals surface area contributed by atoms with E-state index in [1.54, 1.807) is 0 Å². The maximum Gasteiger partial charge on any atom is 0.303 e. The van der Waals surface area contributed by atoms with Gasteiger partial charge in [0.25, 0.3) is 0 Å². The molecule has 0 unspecified atom stereocenters. The lowest BCUT2D eigenvalue weighted by Crippen LogP contribution is -2.33. The van der Waals surface area contributed by atoms with Gasteiger partial charge in [0.15, 0.2) is 0 Å². The van der Waals surface area contributed by atoms with Crippen molar-refractivity contribution in [3.8, 4) is 11.1 Å². The zero-order valence-electron chi connectivity index (χ0n) is 15.7. The van der Waals surface area contributed by atoms with E-state index < -0.39 is 5.97 Å². The molecule has 25 heavy (non-hydrogen) atoms. The SMILES string of the molecule is CC1(C)CCC(C)(C)c2cc(-c3ccc(CCC(=O)O)cc3)ccc21. The van der Waals surface area contributed by atoms with E-state index in [0.29, 0.717) is 6.42 Å². The minimum atomic E-state index is -0.747. The molecule has 0 amide bonds. The van der Waals surface area contributed by atoms with Crippen LogP contribution < -0.4 is 0 Å². The van der Waals surface area contributed by atoms with Crippen LogP contribution in [0.5, 0.6) is 0 Å². The predicted molar refractivity (Wildman–Crippen MR) is 103 cm³/mol. The lowest BCUT2D eigenvalue weighted by Gasteiger charge is -2.42. The van der Waals surface area contributed by atoms with Crippen molar-refractivity contribution >= 4 is 5.97 Å². The molecule has 0 heterocycles. The first-order valence-electron chi connectivity index (χ1n) is 9.15. The van der Waals surface area contributed by atoms with Gasteiger partial charge in [-0.25, -0.2) is 0 Å². The Morgan fingerprint density at radius 3 is 2.04 bits per heavy atom. The number of carboxylic acids is 1. The lowest BCUT2D eigenvalue weighted by atomic mass is 9.63. The third-order valence-corrected chi connectivity index (χ3v) is 5.77. The topological polar surface area (TPSA) is 37.3 Å². The van der Waals surface area contributed by atoms with Gasteiger partial charge in [-0.2, -0.15) is 0 Å². The van der Waals surface area contributed by atoms with Gasteiger partial charge in [0.1, 0.15) is 0 Å². The monoisotopic (exact) mass is 336 g/mol. The number of carbonyl (C=O) groups is 1. The highest BCUT2D eigenvalue weighted by molar-refractivity contribution is 5.68. The number of benzene rings is 2. The number of carboxylic acid groups (broad SMARTS) is 1. The summed E-state index contributed by atoms with van der Waals surface area (Å²) in [6.07, 6.45) is 3.21. The summed E-state index contributed by atoms with van der Waals surface area (Å²) in [5, 5.41) is 8.81. The Morgan fingerprint density at radius 1 is 0.880 bits per heavy atom. The van der Waals surface area contributed by atoms with Crippen LogP contribution in [-0.4, -0.2) is 11.1 Å². The smallest absolute Gasteiger partial charge is 0.303 e. The number of aliphatic carboxylic acids is 1. The highest BCUT2D eigenvalue weighted by Crippen LogP contribution is 2.46. The van der Waals surface area contributed by atoms with Crippen molar-refractivity contribution in [3.05, 3.63) is 59.2 Å². The molecule has 132 valence electrons. The number of hydrogen-bond acceptors (Lipinski definition) is 1. The first-order chi connectivity index (χ1) is 11.7. The molecule has 1 aliphatic rings. The van der Waals surface area contributed by atoms with Crippen LogP contribution in [0.25, 0.3) is 11.1 Å². The van der Waals surface area contributed by atoms with Crippen LogP contribution in [0.2, 0.25) is 0 Å². The van der Waals surface area contributed by atoms with Gasteiger partial charge in [0.2, 0.25) is 0 Å². The van der Waals surface area contributed by atoms with Crippen LogP contribution in [0.15, 0.2) is 42.5 Å². The van der Waals surface area contributed by atoms with E-state index in [0.717, 1.165) is 5.56 Å². The van der Waals surface area contributed by atoms with Crippen molar-refractivity contribution in [1.82, 2.24) is 0 Å². The van der Waals surface area contributed by atoms with E-state index >= 15 is 0 Å². The summed E-state index contributed by atoms with van der Waals surface area (Å²) in [6.45, 7) is 9.38. The Kier molecular flexibility index (Phi) is 4.49. The van der Waals surface area contributed by atoms with Crippen molar-refractivity contribution in [1.29, 1.82) is 0 Å². The molecular weight excluding hydrogens is 308 g/mol. The molecule has 0 spiro atoms. The second-order valence-corrected chi connectivity index (χ2v) is 8.62. The van der Waals surface area contributed by atoms with Gasteiger partial charge in [-0.05, 0) is 57.9 Å². The highest BCUT2D eigenvalue weighted by Gasteiger charge is 2.36. The molecule has 0 atom stereocenters. The fourth-order valence-corrected chi connectivity index (χ4v) is 3.88. The van der Waals surface area contributed by atoms with E-state index in [1.807, 2.05) is 12.1 Å². The Hall–Kier alpha value is -2.09. The van der Waals surface area contributed by atoms with Crippen LogP contribution in [0, 0.1) is 0 Å². The molecule has 2 nitrogen and oxygen atoms in total. The zero-order valence-corrected chi connectivity index (χ0v) is 15.7. The fraction of sp³-hybridized carbons (Fsp3) is 0.435. The maximum atomic E-state index is 10.7.